The van der Waals surface area contributed by atoms with Crippen LogP contribution in [0.5, 0.6) is 11.5 Å². The minimum absolute atomic E-state index is 0.153. The van der Waals surface area contributed by atoms with Crippen molar-refractivity contribution in [2.75, 3.05) is 31.4 Å². The molecule has 0 unspecified atom stereocenters. The number of anilines is 2. The molecule has 0 saturated carbocycles. The molecule has 0 fully saturated rings. The van der Waals surface area contributed by atoms with E-state index in [-0.39, 0.29) is 29.6 Å². The van der Waals surface area contributed by atoms with Gasteiger partial charge < -0.3 is 20.1 Å². The standard InChI is InChI=1S/C22H23N3O5/c1-5-25-21(27)19(14-6-8-15(9-7-14)23-13(2)26)20(22(25)28)24-17-12-16(29-3)10-11-18(17)30-4/h6-12,24H,5H2,1-4H3,(H,23,26). The first-order valence-corrected chi connectivity index (χ1v) is 9.37. The molecule has 0 spiro atoms. The summed E-state index contributed by atoms with van der Waals surface area (Å²) in [4.78, 5) is 38.3. The van der Waals surface area contributed by atoms with Gasteiger partial charge >= 0.3 is 0 Å². The quantitative estimate of drug-likeness (QED) is 0.683. The summed E-state index contributed by atoms with van der Waals surface area (Å²) in [5.74, 6) is 0.0641. The van der Waals surface area contributed by atoms with E-state index in [2.05, 4.69) is 10.6 Å². The number of rotatable bonds is 7. The number of carbonyl (C=O) groups excluding carboxylic acids is 3. The van der Waals surface area contributed by atoms with E-state index in [4.69, 9.17) is 9.47 Å². The number of amides is 3. The molecule has 2 aromatic carbocycles. The van der Waals surface area contributed by atoms with Crippen molar-refractivity contribution in [3.8, 4) is 11.5 Å². The SMILES string of the molecule is CCN1C(=O)C(Nc2cc(OC)ccc2OC)=C(c2ccc(NC(C)=O)cc2)C1=O. The zero-order valence-electron chi connectivity index (χ0n) is 17.2. The number of likely N-dealkylation sites (N-methyl/N-ethyl adjacent to an activating group) is 1. The van der Waals surface area contributed by atoms with E-state index >= 15 is 0 Å². The van der Waals surface area contributed by atoms with Crippen LogP contribution in [0.1, 0.15) is 19.4 Å². The van der Waals surface area contributed by atoms with Crippen LogP contribution in [0.3, 0.4) is 0 Å². The van der Waals surface area contributed by atoms with Crippen molar-refractivity contribution in [2.45, 2.75) is 13.8 Å². The van der Waals surface area contributed by atoms with Gasteiger partial charge in [-0.25, -0.2) is 0 Å². The molecule has 0 radical (unpaired) electrons. The Kier molecular flexibility index (Phi) is 6.06. The Morgan fingerprint density at radius 1 is 1.00 bits per heavy atom. The molecule has 0 saturated heterocycles. The number of hydrogen-bond acceptors (Lipinski definition) is 6. The molecule has 8 nitrogen and oxygen atoms in total. The molecule has 30 heavy (non-hydrogen) atoms. The first-order chi connectivity index (χ1) is 14.4. The molecule has 3 amide bonds. The normalized spacial score (nSPS) is 13.5. The number of benzene rings is 2. The van der Waals surface area contributed by atoms with Crippen molar-refractivity contribution >= 4 is 34.7 Å². The molecule has 2 N–H and O–H groups in total. The van der Waals surface area contributed by atoms with Gasteiger partial charge in [-0.2, -0.15) is 0 Å². The van der Waals surface area contributed by atoms with Gasteiger partial charge in [-0.3, -0.25) is 19.3 Å². The number of imide groups is 1. The fourth-order valence-electron chi connectivity index (χ4n) is 3.22. The first kappa shape index (κ1) is 20.9. The van der Waals surface area contributed by atoms with Crippen LogP contribution in [-0.2, 0) is 14.4 Å². The van der Waals surface area contributed by atoms with Gasteiger partial charge in [-0.15, -0.1) is 0 Å². The van der Waals surface area contributed by atoms with Crippen LogP contribution in [0, 0.1) is 0 Å². The maximum absolute atomic E-state index is 13.0. The van der Waals surface area contributed by atoms with Crippen LogP contribution in [0.25, 0.3) is 5.57 Å². The Hall–Kier alpha value is -3.81. The Morgan fingerprint density at radius 3 is 2.27 bits per heavy atom. The summed E-state index contributed by atoms with van der Waals surface area (Å²) >= 11 is 0. The third-order valence-corrected chi connectivity index (χ3v) is 4.64. The molecule has 156 valence electrons. The van der Waals surface area contributed by atoms with Crippen molar-refractivity contribution in [3.63, 3.8) is 0 Å². The average molecular weight is 409 g/mol. The number of methoxy groups -OCH3 is 2. The van der Waals surface area contributed by atoms with Crippen LogP contribution in [0.2, 0.25) is 0 Å². The van der Waals surface area contributed by atoms with Crippen molar-refractivity contribution in [2.24, 2.45) is 0 Å². The topological polar surface area (TPSA) is 97.0 Å². The Morgan fingerprint density at radius 2 is 1.70 bits per heavy atom. The van der Waals surface area contributed by atoms with E-state index in [1.165, 1.54) is 26.0 Å². The lowest BCUT2D eigenvalue weighted by molar-refractivity contribution is -0.136. The molecular weight excluding hydrogens is 386 g/mol. The second kappa shape index (κ2) is 8.69. The van der Waals surface area contributed by atoms with Gasteiger partial charge in [0.15, 0.2) is 0 Å². The highest BCUT2D eigenvalue weighted by Crippen LogP contribution is 2.35. The summed E-state index contributed by atoms with van der Waals surface area (Å²) < 4.78 is 10.6. The minimum atomic E-state index is -0.423. The van der Waals surface area contributed by atoms with Crippen LogP contribution in [0.4, 0.5) is 11.4 Å². The Balaban J connectivity index is 2.07. The molecule has 0 aliphatic carbocycles. The molecule has 0 aromatic heterocycles. The number of ether oxygens (including phenoxy) is 2. The summed E-state index contributed by atoms with van der Waals surface area (Å²) in [6.45, 7) is 3.40. The molecule has 0 bridgehead atoms. The summed E-state index contributed by atoms with van der Waals surface area (Å²) in [5.41, 5.74) is 2.06. The highest BCUT2D eigenvalue weighted by molar-refractivity contribution is 6.36. The van der Waals surface area contributed by atoms with Crippen molar-refractivity contribution in [1.82, 2.24) is 4.90 Å². The van der Waals surface area contributed by atoms with Crippen LogP contribution in [0.15, 0.2) is 48.2 Å². The molecule has 8 heteroatoms. The van der Waals surface area contributed by atoms with Crippen molar-refractivity contribution < 1.29 is 23.9 Å². The third-order valence-electron chi connectivity index (χ3n) is 4.64. The van der Waals surface area contributed by atoms with Gasteiger partial charge in [0.05, 0.1) is 25.5 Å². The van der Waals surface area contributed by atoms with E-state index in [1.54, 1.807) is 49.4 Å². The highest BCUT2D eigenvalue weighted by atomic mass is 16.5. The molecule has 2 aromatic rings. The van der Waals surface area contributed by atoms with Crippen LogP contribution < -0.4 is 20.1 Å². The maximum Gasteiger partial charge on any atom is 0.278 e. The average Bonchev–Trinajstić information content (AvgIpc) is 2.97. The molecule has 3 rings (SSSR count). The highest BCUT2D eigenvalue weighted by Gasteiger charge is 2.38. The Bertz CT molecular complexity index is 1030. The molecular formula is C22H23N3O5. The van der Waals surface area contributed by atoms with Crippen molar-refractivity contribution in [1.29, 1.82) is 0 Å². The monoisotopic (exact) mass is 409 g/mol. The summed E-state index contributed by atoms with van der Waals surface area (Å²) in [6, 6.07) is 11.9. The second-order valence-electron chi connectivity index (χ2n) is 6.55. The van der Waals surface area contributed by atoms with Gasteiger partial charge in [0.1, 0.15) is 17.2 Å². The Labute approximate surface area is 174 Å². The number of nitrogens with one attached hydrogen (secondary N) is 2. The lowest BCUT2D eigenvalue weighted by Gasteiger charge is -2.14. The number of carbonyl (C=O) groups is 3. The smallest absolute Gasteiger partial charge is 0.278 e. The predicted octanol–water partition coefficient (Wildman–Crippen LogP) is 2.87. The van der Waals surface area contributed by atoms with Crippen molar-refractivity contribution in [3.05, 3.63) is 53.7 Å². The fourth-order valence-corrected chi connectivity index (χ4v) is 3.22. The molecule has 0 atom stereocenters. The van der Waals surface area contributed by atoms with E-state index in [0.717, 1.165) is 0 Å². The minimum Gasteiger partial charge on any atom is -0.497 e. The maximum atomic E-state index is 13.0. The predicted molar refractivity (Wildman–Crippen MR) is 113 cm³/mol. The van der Waals surface area contributed by atoms with Crippen LogP contribution >= 0.6 is 0 Å². The van der Waals surface area contributed by atoms with Crippen LogP contribution in [-0.4, -0.2) is 43.4 Å². The van der Waals surface area contributed by atoms with Gasteiger partial charge in [-0.05, 0) is 36.8 Å². The van der Waals surface area contributed by atoms with E-state index in [1.807, 2.05) is 0 Å². The molecule has 1 heterocycles. The summed E-state index contributed by atoms with van der Waals surface area (Å²) in [6.07, 6.45) is 0. The largest absolute Gasteiger partial charge is 0.497 e. The van der Waals surface area contributed by atoms with E-state index < -0.39 is 5.91 Å². The van der Waals surface area contributed by atoms with Gasteiger partial charge in [0.2, 0.25) is 5.91 Å². The zero-order chi connectivity index (χ0) is 21.8. The fraction of sp³-hybridized carbons (Fsp3) is 0.227. The van der Waals surface area contributed by atoms with Gasteiger partial charge in [0.25, 0.3) is 11.8 Å². The van der Waals surface area contributed by atoms with Gasteiger partial charge in [-0.1, -0.05) is 12.1 Å². The molecule has 1 aliphatic rings. The van der Waals surface area contributed by atoms with E-state index in [9.17, 15) is 14.4 Å². The third kappa shape index (κ3) is 3.98. The second-order valence-corrected chi connectivity index (χ2v) is 6.55. The number of hydrogen-bond donors (Lipinski definition) is 2. The summed E-state index contributed by atoms with van der Waals surface area (Å²) in [7, 11) is 3.05. The summed E-state index contributed by atoms with van der Waals surface area (Å²) in [5, 5.41) is 5.75. The zero-order valence-corrected chi connectivity index (χ0v) is 17.2. The van der Waals surface area contributed by atoms with Gasteiger partial charge in [0, 0.05) is 25.2 Å². The molecule has 1 aliphatic heterocycles. The lowest BCUT2D eigenvalue weighted by Crippen LogP contribution is -2.32. The lowest BCUT2D eigenvalue weighted by atomic mass is 10.0. The first-order valence-electron chi connectivity index (χ1n) is 9.37. The number of nitrogens with zero attached hydrogens (tertiary/aromatic N) is 1. The van der Waals surface area contributed by atoms with E-state index in [0.29, 0.717) is 28.4 Å².